The van der Waals surface area contributed by atoms with E-state index in [0.29, 0.717) is 6.61 Å². The van der Waals surface area contributed by atoms with Crippen molar-refractivity contribution in [1.82, 2.24) is 5.32 Å². The Labute approximate surface area is 179 Å². The third-order valence-electron chi connectivity index (χ3n) is 5.01. The highest BCUT2D eigenvalue weighted by atomic mass is 79.9. The number of hydrogen-bond acceptors (Lipinski definition) is 2. The molecule has 4 rings (SSSR count). The molecule has 0 atom stereocenters. The van der Waals surface area contributed by atoms with Crippen molar-refractivity contribution in [1.29, 1.82) is 0 Å². The van der Waals surface area contributed by atoms with Gasteiger partial charge in [-0.3, -0.25) is 0 Å². The Morgan fingerprint density at radius 3 is 2.34 bits per heavy atom. The Kier molecular flexibility index (Phi) is 5.69. The van der Waals surface area contributed by atoms with Gasteiger partial charge in [-0.2, -0.15) is 0 Å². The summed E-state index contributed by atoms with van der Waals surface area (Å²) in [5.41, 5.74) is 6.89. The lowest BCUT2D eigenvalue weighted by molar-refractivity contribution is 0.144. The molecule has 0 saturated heterocycles. The van der Waals surface area contributed by atoms with Crippen molar-refractivity contribution in [2.24, 2.45) is 0 Å². The van der Waals surface area contributed by atoms with E-state index in [1.165, 1.54) is 27.8 Å². The molecular formula is C25H20BrNO2. The second-order valence-electron chi connectivity index (χ2n) is 6.96. The zero-order valence-electron chi connectivity index (χ0n) is 16.0. The van der Waals surface area contributed by atoms with Crippen molar-refractivity contribution in [3.05, 3.63) is 93.5 Å². The van der Waals surface area contributed by atoms with E-state index in [-0.39, 0.29) is 12.5 Å². The van der Waals surface area contributed by atoms with Gasteiger partial charge >= 0.3 is 6.09 Å². The number of amides is 1. The van der Waals surface area contributed by atoms with Crippen LogP contribution in [0, 0.1) is 18.8 Å². The molecule has 0 saturated carbocycles. The lowest BCUT2D eigenvalue weighted by Crippen LogP contribution is -2.26. The van der Waals surface area contributed by atoms with Gasteiger partial charge in [0, 0.05) is 16.0 Å². The van der Waals surface area contributed by atoms with Gasteiger partial charge in [-0.05, 0) is 62.8 Å². The summed E-state index contributed by atoms with van der Waals surface area (Å²) in [6, 6.07) is 22.6. The Morgan fingerprint density at radius 1 is 1.03 bits per heavy atom. The van der Waals surface area contributed by atoms with Gasteiger partial charge in [0.05, 0.1) is 6.54 Å². The number of fused-ring (bicyclic) bond motifs is 3. The van der Waals surface area contributed by atoms with Crippen LogP contribution in [0.5, 0.6) is 0 Å². The normalized spacial score (nSPS) is 11.8. The summed E-state index contributed by atoms with van der Waals surface area (Å²) in [6.07, 6.45) is -0.455. The van der Waals surface area contributed by atoms with Gasteiger partial charge in [0.25, 0.3) is 0 Å². The van der Waals surface area contributed by atoms with E-state index < -0.39 is 6.09 Å². The quantitative estimate of drug-likeness (QED) is 0.529. The molecule has 0 radical (unpaired) electrons. The minimum absolute atomic E-state index is 0.0581. The third-order valence-corrected chi connectivity index (χ3v) is 5.67. The molecule has 0 aromatic heterocycles. The van der Waals surface area contributed by atoms with E-state index in [0.717, 1.165) is 10.0 Å². The van der Waals surface area contributed by atoms with E-state index in [4.69, 9.17) is 4.74 Å². The number of nitrogens with one attached hydrogen (secondary N) is 1. The first-order chi connectivity index (χ1) is 14.1. The number of benzene rings is 3. The molecule has 3 nitrogen and oxygen atoms in total. The molecule has 0 bridgehead atoms. The fourth-order valence-electron chi connectivity index (χ4n) is 3.63. The van der Waals surface area contributed by atoms with Crippen molar-refractivity contribution >= 4 is 22.0 Å². The van der Waals surface area contributed by atoms with Gasteiger partial charge in [0.2, 0.25) is 0 Å². The summed E-state index contributed by atoms with van der Waals surface area (Å²) in [7, 11) is 0. The van der Waals surface area contributed by atoms with Crippen LogP contribution < -0.4 is 5.32 Å². The van der Waals surface area contributed by atoms with Gasteiger partial charge < -0.3 is 10.1 Å². The first-order valence-electron chi connectivity index (χ1n) is 9.47. The molecule has 1 aliphatic rings. The van der Waals surface area contributed by atoms with E-state index in [9.17, 15) is 4.79 Å². The zero-order valence-corrected chi connectivity index (χ0v) is 17.6. The Balaban J connectivity index is 1.35. The predicted octanol–water partition coefficient (Wildman–Crippen LogP) is 5.65. The number of carbonyl (C=O) groups excluding carboxylic acids is 1. The zero-order chi connectivity index (χ0) is 20.2. The molecule has 144 valence electrons. The largest absolute Gasteiger partial charge is 0.449 e. The SMILES string of the molecule is Cc1ccc(C#CCNC(=O)OCC2c3ccccc3-c3ccccc32)c(Br)c1. The molecule has 3 aromatic rings. The number of carbonyl (C=O) groups is 1. The highest BCUT2D eigenvalue weighted by Crippen LogP contribution is 2.44. The average Bonchev–Trinajstić information content (AvgIpc) is 3.05. The summed E-state index contributed by atoms with van der Waals surface area (Å²) in [5.74, 6) is 6.07. The second kappa shape index (κ2) is 8.55. The lowest BCUT2D eigenvalue weighted by Gasteiger charge is -2.14. The van der Waals surface area contributed by atoms with Gasteiger partial charge in [0.15, 0.2) is 0 Å². The van der Waals surface area contributed by atoms with Crippen LogP contribution in [0.2, 0.25) is 0 Å². The van der Waals surface area contributed by atoms with Crippen molar-refractivity contribution < 1.29 is 9.53 Å². The summed E-state index contributed by atoms with van der Waals surface area (Å²) in [4.78, 5) is 12.1. The highest BCUT2D eigenvalue weighted by Gasteiger charge is 2.28. The Bertz CT molecular complexity index is 1080. The number of halogens is 1. The molecule has 1 aliphatic carbocycles. The van der Waals surface area contributed by atoms with E-state index in [1.807, 2.05) is 49.4 Å². The minimum Gasteiger partial charge on any atom is -0.449 e. The molecule has 0 spiro atoms. The molecule has 1 amide bonds. The maximum atomic E-state index is 12.1. The number of aryl methyl sites for hydroxylation is 1. The van der Waals surface area contributed by atoms with Crippen molar-refractivity contribution in [2.75, 3.05) is 13.2 Å². The van der Waals surface area contributed by atoms with Crippen LogP contribution in [0.4, 0.5) is 4.79 Å². The lowest BCUT2D eigenvalue weighted by atomic mass is 9.98. The number of ether oxygens (including phenoxy) is 1. The van der Waals surface area contributed by atoms with Crippen molar-refractivity contribution in [3.63, 3.8) is 0 Å². The predicted molar refractivity (Wildman–Crippen MR) is 119 cm³/mol. The molecule has 0 fully saturated rings. The van der Waals surface area contributed by atoms with Gasteiger partial charge in [-0.25, -0.2) is 4.79 Å². The van der Waals surface area contributed by atoms with Crippen LogP contribution >= 0.6 is 15.9 Å². The van der Waals surface area contributed by atoms with Crippen LogP contribution in [-0.2, 0) is 4.74 Å². The minimum atomic E-state index is -0.455. The standard InChI is InChI=1S/C25H20BrNO2/c1-17-12-13-18(24(26)15-17)7-6-14-27-25(28)29-16-23-21-10-4-2-8-19(21)20-9-3-5-11-22(20)23/h2-5,8-13,15,23H,14,16H2,1H3,(H,27,28). The van der Waals surface area contributed by atoms with E-state index >= 15 is 0 Å². The molecular weight excluding hydrogens is 426 g/mol. The highest BCUT2D eigenvalue weighted by molar-refractivity contribution is 9.10. The first-order valence-corrected chi connectivity index (χ1v) is 10.3. The molecule has 0 heterocycles. The Hall–Kier alpha value is -3.03. The maximum absolute atomic E-state index is 12.1. The Morgan fingerprint density at radius 2 is 1.69 bits per heavy atom. The topological polar surface area (TPSA) is 38.3 Å². The monoisotopic (exact) mass is 445 g/mol. The smallest absolute Gasteiger partial charge is 0.407 e. The van der Waals surface area contributed by atoms with Crippen LogP contribution in [0.3, 0.4) is 0 Å². The van der Waals surface area contributed by atoms with Gasteiger partial charge in [-0.15, -0.1) is 0 Å². The maximum Gasteiger partial charge on any atom is 0.407 e. The van der Waals surface area contributed by atoms with Gasteiger partial charge in [0.1, 0.15) is 6.61 Å². The summed E-state index contributed by atoms with van der Waals surface area (Å²) in [6.45, 7) is 2.56. The second-order valence-corrected chi connectivity index (χ2v) is 7.82. The van der Waals surface area contributed by atoms with Crippen LogP contribution in [0.15, 0.2) is 71.2 Å². The summed E-state index contributed by atoms with van der Waals surface area (Å²) < 4.78 is 6.45. The summed E-state index contributed by atoms with van der Waals surface area (Å²) >= 11 is 3.50. The van der Waals surface area contributed by atoms with Crippen LogP contribution in [0.25, 0.3) is 11.1 Å². The fourth-order valence-corrected chi connectivity index (χ4v) is 4.22. The molecule has 1 N–H and O–H groups in total. The van der Waals surface area contributed by atoms with Crippen LogP contribution in [-0.4, -0.2) is 19.2 Å². The number of hydrogen-bond donors (Lipinski definition) is 1. The van der Waals surface area contributed by atoms with Gasteiger partial charge in [-0.1, -0.05) is 66.4 Å². The van der Waals surface area contributed by atoms with Crippen molar-refractivity contribution in [3.8, 4) is 23.0 Å². The molecule has 0 aliphatic heterocycles. The van der Waals surface area contributed by atoms with E-state index in [2.05, 4.69) is 57.4 Å². The van der Waals surface area contributed by atoms with Crippen molar-refractivity contribution in [2.45, 2.75) is 12.8 Å². The molecule has 3 aromatic carbocycles. The molecule has 4 heteroatoms. The third kappa shape index (κ3) is 4.21. The number of rotatable bonds is 3. The average molecular weight is 446 g/mol. The number of alkyl carbamates (subject to hydrolysis) is 1. The molecule has 0 unspecified atom stereocenters. The van der Waals surface area contributed by atoms with Crippen LogP contribution in [0.1, 0.15) is 28.2 Å². The molecule has 29 heavy (non-hydrogen) atoms. The first kappa shape index (κ1) is 19.3. The fraction of sp³-hybridized carbons (Fsp3) is 0.160. The van der Waals surface area contributed by atoms with E-state index in [1.54, 1.807) is 0 Å². The summed E-state index contributed by atoms with van der Waals surface area (Å²) in [5, 5.41) is 2.71.